The zero-order valence-corrected chi connectivity index (χ0v) is 17.8. The summed E-state index contributed by atoms with van der Waals surface area (Å²) in [5, 5.41) is 1.71. The first-order valence-corrected chi connectivity index (χ1v) is 10.5. The predicted octanol–water partition coefficient (Wildman–Crippen LogP) is 4.81. The van der Waals surface area contributed by atoms with Gasteiger partial charge < -0.3 is 0 Å². The molecular weight excluding hydrogens is 444 g/mol. The summed E-state index contributed by atoms with van der Waals surface area (Å²) < 4.78 is 0.947. The van der Waals surface area contributed by atoms with E-state index in [4.69, 9.17) is 4.84 Å². The lowest BCUT2D eigenvalue weighted by Gasteiger charge is -2.28. The third kappa shape index (κ3) is 3.04. The van der Waals surface area contributed by atoms with Gasteiger partial charge in [0.25, 0.3) is 5.91 Å². The minimum Gasteiger partial charge on any atom is -0.273 e. The van der Waals surface area contributed by atoms with Gasteiger partial charge in [-0.2, -0.15) is 0 Å². The van der Waals surface area contributed by atoms with Gasteiger partial charge in [-0.25, -0.2) is 9.96 Å². The van der Waals surface area contributed by atoms with Gasteiger partial charge in [-0.1, -0.05) is 64.0 Å². The maximum atomic E-state index is 13.5. The highest BCUT2D eigenvalue weighted by molar-refractivity contribution is 9.10. The summed E-state index contributed by atoms with van der Waals surface area (Å²) in [6, 6.07) is 24.4. The van der Waals surface area contributed by atoms with Crippen molar-refractivity contribution in [1.82, 2.24) is 0 Å². The molecular formula is C24H19BrN2O3. The van der Waals surface area contributed by atoms with E-state index >= 15 is 0 Å². The maximum Gasteiger partial charge on any atom is 0.266 e. The van der Waals surface area contributed by atoms with Gasteiger partial charge in [0.15, 0.2) is 6.10 Å². The van der Waals surface area contributed by atoms with Gasteiger partial charge in [0, 0.05) is 4.47 Å². The Morgan fingerprint density at radius 1 is 0.800 bits per heavy atom. The smallest absolute Gasteiger partial charge is 0.266 e. The minimum absolute atomic E-state index is 0.236. The molecule has 0 spiro atoms. The molecule has 0 N–H and O–H groups in total. The Balaban J connectivity index is 1.58. The van der Waals surface area contributed by atoms with Gasteiger partial charge >= 0.3 is 0 Å². The topological polar surface area (TPSA) is 49.9 Å². The van der Waals surface area contributed by atoms with Gasteiger partial charge in [0.1, 0.15) is 5.92 Å². The molecule has 0 aliphatic carbocycles. The Kier molecular flexibility index (Phi) is 4.68. The fourth-order valence-electron chi connectivity index (χ4n) is 4.16. The normalized spacial score (nSPS) is 23.2. The number of imide groups is 1. The number of hydroxylamine groups is 1. The van der Waals surface area contributed by atoms with Crippen LogP contribution in [0.15, 0.2) is 83.3 Å². The molecule has 0 bridgehead atoms. The molecule has 2 aliphatic heterocycles. The van der Waals surface area contributed by atoms with Crippen LogP contribution in [0.4, 0.5) is 11.4 Å². The van der Waals surface area contributed by atoms with E-state index in [1.807, 2.05) is 73.7 Å². The minimum atomic E-state index is -0.854. The second-order valence-electron chi connectivity index (χ2n) is 7.56. The van der Waals surface area contributed by atoms with Gasteiger partial charge in [-0.3, -0.25) is 14.4 Å². The summed E-state index contributed by atoms with van der Waals surface area (Å²) in [6.07, 6.45) is -0.854. The number of hydrogen-bond acceptors (Lipinski definition) is 4. The number of anilines is 2. The standard InChI is InChI=1S/C24H19BrN2O3/c1-15-7-13-18(14-8-15)26-23(28)20-21(16-9-11-17(25)12-10-16)27(30-22(20)24(26)29)19-5-3-2-4-6-19/h2-14,20-22H,1H3. The first-order chi connectivity index (χ1) is 14.5. The van der Waals surface area contributed by atoms with E-state index in [1.165, 1.54) is 4.90 Å². The van der Waals surface area contributed by atoms with Crippen LogP contribution < -0.4 is 9.96 Å². The first-order valence-electron chi connectivity index (χ1n) is 9.75. The van der Waals surface area contributed by atoms with Gasteiger partial charge in [0.2, 0.25) is 5.91 Å². The molecule has 6 heteroatoms. The van der Waals surface area contributed by atoms with E-state index < -0.39 is 18.1 Å². The Labute approximate surface area is 183 Å². The first kappa shape index (κ1) is 19.0. The van der Waals surface area contributed by atoms with E-state index in [0.717, 1.165) is 21.3 Å². The summed E-state index contributed by atoms with van der Waals surface area (Å²) in [7, 11) is 0. The van der Waals surface area contributed by atoms with E-state index in [2.05, 4.69) is 15.9 Å². The summed E-state index contributed by atoms with van der Waals surface area (Å²) in [5.74, 6) is -1.19. The number of amides is 2. The average Bonchev–Trinajstić information content (AvgIpc) is 3.27. The molecule has 30 heavy (non-hydrogen) atoms. The number of nitrogens with zero attached hydrogens (tertiary/aromatic N) is 2. The summed E-state index contributed by atoms with van der Waals surface area (Å²) in [5.41, 5.74) is 3.37. The molecule has 2 fully saturated rings. The van der Waals surface area contributed by atoms with E-state index in [1.54, 1.807) is 17.2 Å². The largest absolute Gasteiger partial charge is 0.273 e. The molecule has 150 valence electrons. The van der Waals surface area contributed by atoms with Crippen LogP contribution >= 0.6 is 15.9 Å². The molecule has 5 nitrogen and oxygen atoms in total. The number of aryl methyl sites for hydroxylation is 1. The lowest BCUT2D eigenvalue weighted by Crippen LogP contribution is -2.37. The fourth-order valence-corrected chi connectivity index (χ4v) is 4.42. The van der Waals surface area contributed by atoms with E-state index in [0.29, 0.717) is 5.69 Å². The number of carbonyl (C=O) groups is 2. The number of carbonyl (C=O) groups excluding carboxylic acids is 2. The quantitative estimate of drug-likeness (QED) is 0.524. The SMILES string of the molecule is Cc1ccc(N2C(=O)C3ON(c4ccccc4)C(c4ccc(Br)cc4)C3C2=O)cc1. The second-order valence-corrected chi connectivity index (χ2v) is 8.47. The predicted molar refractivity (Wildman–Crippen MR) is 118 cm³/mol. The van der Waals surface area contributed by atoms with Crippen molar-refractivity contribution in [2.24, 2.45) is 5.92 Å². The highest BCUT2D eigenvalue weighted by Crippen LogP contribution is 2.47. The highest BCUT2D eigenvalue weighted by Gasteiger charge is 2.60. The molecule has 2 heterocycles. The lowest BCUT2D eigenvalue weighted by molar-refractivity contribution is -0.126. The Morgan fingerprint density at radius 3 is 2.13 bits per heavy atom. The van der Waals surface area contributed by atoms with Crippen molar-refractivity contribution in [2.45, 2.75) is 19.1 Å². The maximum absolute atomic E-state index is 13.5. The van der Waals surface area contributed by atoms with Crippen molar-refractivity contribution in [3.05, 3.63) is 94.5 Å². The number of benzene rings is 3. The van der Waals surface area contributed by atoms with Gasteiger partial charge in [-0.15, -0.1) is 0 Å². The molecule has 3 aromatic carbocycles. The van der Waals surface area contributed by atoms with Crippen LogP contribution in [0, 0.1) is 12.8 Å². The number of rotatable bonds is 3. The fraction of sp³-hybridized carbons (Fsp3) is 0.167. The number of halogens is 1. The average molecular weight is 463 g/mol. The summed E-state index contributed by atoms with van der Waals surface area (Å²) >= 11 is 3.46. The van der Waals surface area contributed by atoms with Crippen LogP contribution in [0.2, 0.25) is 0 Å². The number of para-hydroxylation sites is 1. The van der Waals surface area contributed by atoms with Crippen LogP contribution in [0.1, 0.15) is 17.2 Å². The van der Waals surface area contributed by atoms with Crippen molar-refractivity contribution < 1.29 is 14.4 Å². The van der Waals surface area contributed by atoms with Crippen LogP contribution in [-0.4, -0.2) is 17.9 Å². The number of hydrogen-bond donors (Lipinski definition) is 0. The Hall–Kier alpha value is -2.96. The molecule has 3 unspecified atom stereocenters. The molecule has 0 aromatic heterocycles. The lowest BCUT2D eigenvalue weighted by atomic mass is 9.90. The van der Waals surface area contributed by atoms with Crippen molar-refractivity contribution in [1.29, 1.82) is 0 Å². The monoisotopic (exact) mass is 462 g/mol. The van der Waals surface area contributed by atoms with Crippen molar-refractivity contribution >= 4 is 39.1 Å². The zero-order valence-electron chi connectivity index (χ0n) is 16.2. The summed E-state index contributed by atoms with van der Waals surface area (Å²) in [4.78, 5) is 34.1. The van der Waals surface area contributed by atoms with E-state index in [9.17, 15) is 9.59 Å². The molecule has 3 atom stereocenters. The molecule has 3 aromatic rings. The third-order valence-corrected chi connectivity index (χ3v) is 6.16. The molecule has 0 radical (unpaired) electrons. The third-order valence-electron chi connectivity index (χ3n) is 5.63. The van der Waals surface area contributed by atoms with Crippen LogP contribution in [-0.2, 0) is 14.4 Å². The van der Waals surface area contributed by atoms with Gasteiger partial charge in [-0.05, 0) is 48.9 Å². The molecule has 0 saturated carbocycles. The van der Waals surface area contributed by atoms with Crippen molar-refractivity contribution in [3.8, 4) is 0 Å². The molecule has 2 saturated heterocycles. The van der Waals surface area contributed by atoms with Crippen molar-refractivity contribution in [3.63, 3.8) is 0 Å². The van der Waals surface area contributed by atoms with Crippen molar-refractivity contribution in [2.75, 3.05) is 9.96 Å². The molecule has 2 aliphatic rings. The summed E-state index contributed by atoms with van der Waals surface area (Å²) in [6.45, 7) is 1.97. The zero-order chi connectivity index (χ0) is 20.8. The van der Waals surface area contributed by atoms with E-state index in [-0.39, 0.29) is 11.8 Å². The Bertz CT molecular complexity index is 1100. The van der Waals surface area contributed by atoms with Gasteiger partial charge in [0.05, 0.1) is 17.4 Å². The molecule has 2 amide bonds. The highest BCUT2D eigenvalue weighted by atomic mass is 79.9. The molecule has 5 rings (SSSR count). The second kappa shape index (κ2) is 7.38. The Morgan fingerprint density at radius 2 is 1.47 bits per heavy atom. The van der Waals surface area contributed by atoms with Crippen LogP contribution in [0.3, 0.4) is 0 Å². The van der Waals surface area contributed by atoms with Crippen LogP contribution in [0.5, 0.6) is 0 Å². The van der Waals surface area contributed by atoms with Crippen LogP contribution in [0.25, 0.3) is 0 Å². The number of fused-ring (bicyclic) bond motifs is 1.